The molecule has 3 N–H and O–H groups in total. The molecule has 0 spiro atoms. The van der Waals surface area contributed by atoms with Crippen molar-refractivity contribution in [3.05, 3.63) is 35.4 Å². The van der Waals surface area contributed by atoms with Crippen LogP contribution in [0, 0.1) is 11.3 Å². The first kappa shape index (κ1) is 10.2. The van der Waals surface area contributed by atoms with E-state index in [2.05, 4.69) is 0 Å². The van der Waals surface area contributed by atoms with Crippen molar-refractivity contribution in [2.45, 2.75) is 12.5 Å². The molecule has 4 heteroatoms. The topological polar surface area (TPSA) is 87.1 Å². The average Bonchev–Trinajstić information content (AvgIpc) is 2.17. The van der Waals surface area contributed by atoms with Gasteiger partial charge < -0.3 is 10.8 Å². The van der Waals surface area contributed by atoms with Crippen molar-refractivity contribution in [1.29, 1.82) is 5.26 Å². The number of hydrogen-bond acceptors (Lipinski definition) is 3. The average molecular weight is 190 g/mol. The second kappa shape index (κ2) is 3.48. The summed E-state index contributed by atoms with van der Waals surface area (Å²) in [7, 11) is 0. The third kappa shape index (κ3) is 1.73. The highest BCUT2D eigenvalue weighted by atomic mass is 16.4. The quantitative estimate of drug-likeness (QED) is 0.722. The largest absolute Gasteiger partial charge is 0.480 e. The fraction of sp³-hybridized carbons (Fsp3) is 0.200. The van der Waals surface area contributed by atoms with Gasteiger partial charge in [-0.25, -0.2) is 4.79 Å². The van der Waals surface area contributed by atoms with Gasteiger partial charge in [-0.2, -0.15) is 5.26 Å². The van der Waals surface area contributed by atoms with Crippen LogP contribution in [0.1, 0.15) is 18.1 Å². The van der Waals surface area contributed by atoms with Crippen molar-refractivity contribution in [3.8, 4) is 6.07 Å². The Bertz CT molecular complexity index is 405. The van der Waals surface area contributed by atoms with Crippen LogP contribution in [0.15, 0.2) is 24.3 Å². The van der Waals surface area contributed by atoms with Crippen LogP contribution in [0.3, 0.4) is 0 Å². The monoisotopic (exact) mass is 190 g/mol. The van der Waals surface area contributed by atoms with Gasteiger partial charge in [0.25, 0.3) is 0 Å². The Kier molecular flexibility index (Phi) is 2.54. The van der Waals surface area contributed by atoms with Crippen LogP contribution in [-0.4, -0.2) is 11.1 Å². The summed E-state index contributed by atoms with van der Waals surface area (Å²) in [5.41, 5.74) is 4.97. The number of carboxylic acids is 1. The molecule has 0 saturated carbocycles. The second-order valence-corrected chi connectivity index (χ2v) is 3.20. The van der Waals surface area contributed by atoms with Crippen molar-refractivity contribution in [2.75, 3.05) is 0 Å². The molecule has 14 heavy (non-hydrogen) atoms. The summed E-state index contributed by atoms with van der Waals surface area (Å²) >= 11 is 0. The van der Waals surface area contributed by atoms with E-state index >= 15 is 0 Å². The fourth-order valence-electron chi connectivity index (χ4n) is 1.04. The molecule has 0 aromatic heterocycles. The first-order chi connectivity index (χ1) is 6.48. The van der Waals surface area contributed by atoms with Crippen molar-refractivity contribution in [3.63, 3.8) is 0 Å². The van der Waals surface area contributed by atoms with Crippen molar-refractivity contribution in [1.82, 2.24) is 0 Å². The zero-order chi connectivity index (χ0) is 10.8. The lowest BCUT2D eigenvalue weighted by atomic mass is 9.92. The minimum absolute atomic E-state index is 0.403. The minimum atomic E-state index is -1.45. The third-order valence-electron chi connectivity index (χ3n) is 2.04. The third-order valence-corrected chi connectivity index (χ3v) is 2.04. The summed E-state index contributed by atoms with van der Waals surface area (Å²) in [5, 5.41) is 17.5. The van der Waals surface area contributed by atoms with E-state index in [0.717, 1.165) is 0 Å². The van der Waals surface area contributed by atoms with Crippen LogP contribution in [0.2, 0.25) is 0 Å². The molecule has 0 amide bonds. The molecule has 1 aromatic carbocycles. The first-order valence-electron chi connectivity index (χ1n) is 4.01. The molecule has 0 aliphatic carbocycles. The zero-order valence-corrected chi connectivity index (χ0v) is 7.69. The Morgan fingerprint density at radius 2 is 2.29 bits per heavy atom. The number of rotatable bonds is 2. The lowest BCUT2D eigenvalue weighted by Gasteiger charge is -2.19. The summed E-state index contributed by atoms with van der Waals surface area (Å²) in [6.07, 6.45) is 0. The van der Waals surface area contributed by atoms with Gasteiger partial charge in [0, 0.05) is 0 Å². The molecule has 0 heterocycles. The highest BCUT2D eigenvalue weighted by molar-refractivity contribution is 5.80. The Balaban J connectivity index is 3.21. The van der Waals surface area contributed by atoms with Gasteiger partial charge in [-0.3, -0.25) is 0 Å². The van der Waals surface area contributed by atoms with E-state index in [0.29, 0.717) is 11.1 Å². The lowest BCUT2D eigenvalue weighted by molar-refractivity contribution is -0.143. The van der Waals surface area contributed by atoms with Crippen molar-refractivity contribution in [2.24, 2.45) is 5.73 Å². The molecular formula is C10H10N2O2. The molecule has 1 rings (SSSR count). The van der Waals surface area contributed by atoms with Crippen LogP contribution < -0.4 is 5.73 Å². The van der Waals surface area contributed by atoms with Gasteiger partial charge in [0.1, 0.15) is 5.54 Å². The summed E-state index contributed by atoms with van der Waals surface area (Å²) in [6.45, 7) is 1.39. The van der Waals surface area contributed by atoms with Gasteiger partial charge in [0.05, 0.1) is 11.6 Å². The summed E-state index contributed by atoms with van der Waals surface area (Å²) in [6, 6.07) is 8.21. The number of carbonyl (C=O) groups is 1. The second-order valence-electron chi connectivity index (χ2n) is 3.20. The summed E-state index contributed by atoms with van der Waals surface area (Å²) < 4.78 is 0. The Labute approximate surface area is 81.6 Å². The maximum atomic E-state index is 10.8. The highest BCUT2D eigenvalue weighted by Gasteiger charge is 2.30. The van der Waals surface area contributed by atoms with Crippen molar-refractivity contribution >= 4 is 5.97 Å². The zero-order valence-electron chi connectivity index (χ0n) is 7.69. The van der Waals surface area contributed by atoms with E-state index in [1.165, 1.54) is 13.0 Å². The van der Waals surface area contributed by atoms with Gasteiger partial charge in [0.2, 0.25) is 0 Å². The SMILES string of the molecule is C[C@](N)(C(=O)O)c1cccc(C#N)c1. The van der Waals surface area contributed by atoms with E-state index < -0.39 is 11.5 Å². The number of aliphatic carboxylic acids is 1. The van der Waals surface area contributed by atoms with E-state index in [-0.39, 0.29) is 0 Å². The number of carboxylic acid groups (broad SMARTS) is 1. The maximum absolute atomic E-state index is 10.8. The molecule has 0 aliphatic heterocycles. The van der Waals surface area contributed by atoms with Crippen LogP contribution in [0.4, 0.5) is 0 Å². The van der Waals surface area contributed by atoms with Crippen LogP contribution in [0.25, 0.3) is 0 Å². The van der Waals surface area contributed by atoms with E-state index in [1.54, 1.807) is 18.2 Å². The molecule has 1 aromatic rings. The number of nitrogens with zero attached hydrogens (tertiary/aromatic N) is 1. The predicted octanol–water partition coefficient (Wildman–Crippen LogP) is 0.817. The molecule has 1 atom stereocenters. The molecule has 0 unspecified atom stereocenters. The van der Waals surface area contributed by atoms with Crippen LogP contribution in [0.5, 0.6) is 0 Å². The Morgan fingerprint density at radius 3 is 2.79 bits per heavy atom. The normalized spacial score (nSPS) is 14.1. The number of hydrogen-bond donors (Lipinski definition) is 2. The molecular weight excluding hydrogens is 180 g/mol. The summed E-state index contributed by atoms with van der Waals surface area (Å²) in [5.74, 6) is -1.12. The van der Waals surface area contributed by atoms with Crippen LogP contribution >= 0.6 is 0 Å². The fourth-order valence-corrected chi connectivity index (χ4v) is 1.04. The standard InChI is InChI=1S/C10H10N2O2/c1-10(12,9(13)14)8-4-2-3-7(5-8)6-11/h2-5H,12H2,1H3,(H,13,14)/t10-/m1/s1. The maximum Gasteiger partial charge on any atom is 0.328 e. The Hall–Kier alpha value is -1.86. The molecule has 4 nitrogen and oxygen atoms in total. The molecule has 72 valence electrons. The van der Waals surface area contributed by atoms with E-state index in [9.17, 15) is 4.79 Å². The van der Waals surface area contributed by atoms with Crippen molar-refractivity contribution < 1.29 is 9.90 Å². The summed E-state index contributed by atoms with van der Waals surface area (Å²) in [4.78, 5) is 10.8. The minimum Gasteiger partial charge on any atom is -0.480 e. The molecule has 0 aliphatic rings. The lowest BCUT2D eigenvalue weighted by Crippen LogP contribution is -2.41. The van der Waals surface area contributed by atoms with Gasteiger partial charge >= 0.3 is 5.97 Å². The number of nitriles is 1. The molecule has 0 bridgehead atoms. The van der Waals surface area contributed by atoms with Gasteiger partial charge in [-0.1, -0.05) is 12.1 Å². The Morgan fingerprint density at radius 1 is 1.64 bits per heavy atom. The number of nitrogens with two attached hydrogens (primary N) is 1. The van der Waals surface area contributed by atoms with Crippen LogP contribution in [-0.2, 0) is 10.3 Å². The molecule has 0 fully saturated rings. The smallest absolute Gasteiger partial charge is 0.328 e. The molecule has 0 radical (unpaired) electrons. The van der Waals surface area contributed by atoms with Gasteiger partial charge in [-0.05, 0) is 24.6 Å². The van der Waals surface area contributed by atoms with E-state index in [4.69, 9.17) is 16.1 Å². The number of benzene rings is 1. The van der Waals surface area contributed by atoms with Gasteiger partial charge in [-0.15, -0.1) is 0 Å². The first-order valence-corrected chi connectivity index (χ1v) is 4.01. The van der Waals surface area contributed by atoms with E-state index in [1.807, 2.05) is 6.07 Å². The van der Waals surface area contributed by atoms with Gasteiger partial charge in [0.15, 0.2) is 0 Å². The predicted molar refractivity (Wildman–Crippen MR) is 50.3 cm³/mol. The highest BCUT2D eigenvalue weighted by Crippen LogP contribution is 2.18. The molecule has 0 saturated heterocycles.